The fourth-order valence-electron chi connectivity index (χ4n) is 5.80. The van der Waals surface area contributed by atoms with Gasteiger partial charge in [0.25, 0.3) is 0 Å². The Morgan fingerprint density at radius 2 is 1.75 bits per heavy atom. The smallest absolute Gasteiger partial charge is 0.303 e. The van der Waals surface area contributed by atoms with E-state index >= 15 is 0 Å². The topological polar surface area (TPSA) is 91.6 Å². The van der Waals surface area contributed by atoms with Crippen LogP contribution < -0.4 is 5.43 Å². The molecule has 2 heterocycles. The molecule has 1 fully saturated rings. The number of nitrogens with one attached hydrogen (secondary N) is 1. The molecule has 3 N–H and O–H groups in total. The van der Waals surface area contributed by atoms with Gasteiger partial charge in [-0.25, -0.2) is 10.5 Å². The number of benzene rings is 3. The molecular formula is C32H39N5O3. The van der Waals surface area contributed by atoms with Crippen LogP contribution in [0.15, 0.2) is 84.0 Å². The third-order valence-electron chi connectivity index (χ3n) is 7.90. The van der Waals surface area contributed by atoms with Crippen LogP contribution in [0.5, 0.6) is 5.75 Å². The second-order valence-electron chi connectivity index (χ2n) is 10.9. The van der Waals surface area contributed by atoms with Crippen molar-refractivity contribution in [3.8, 4) is 5.75 Å². The lowest BCUT2D eigenvalue weighted by Gasteiger charge is -2.47. The number of hydrogen-bond donors (Lipinski definition) is 3. The van der Waals surface area contributed by atoms with E-state index < -0.39 is 5.97 Å². The second kappa shape index (κ2) is 12.6. The highest BCUT2D eigenvalue weighted by molar-refractivity contribution is 6.02. The minimum absolute atomic E-state index is 0.00799. The molecule has 0 aromatic heterocycles. The van der Waals surface area contributed by atoms with Crippen molar-refractivity contribution in [2.75, 3.05) is 26.2 Å². The van der Waals surface area contributed by atoms with Crippen LogP contribution in [0.3, 0.4) is 0 Å². The number of rotatable bonds is 10. The summed E-state index contributed by atoms with van der Waals surface area (Å²) in [6.45, 7) is 8.58. The average molecular weight is 542 g/mol. The molecule has 8 nitrogen and oxygen atoms in total. The first-order valence-electron chi connectivity index (χ1n) is 14.1. The molecule has 2 aliphatic heterocycles. The summed E-state index contributed by atoms with van der Waals surface area (Å²) >= 11 is 0. The van der Waals surface area contributed by atoms with Crippen LogP contribution in [0, 0.1) is 0 Å². The summed E-state index contributed by atoms with van der Waals surface area (Å²) < 4.78 is 0. The minimum Gasteiger partial charge on any atom is -0.508 e. The van der Waals surface area contributed by atoms with E-state index in [1.165, 1.54) is 11.1 Å². The molecule has 0 bridgehead atoms. The number of phenolic OH excluding ortho intramolecular Hbond substituents is 1. The van der Waals surface area contributed by atoms with E-state index in [4.69, 9.17) is 5.11 Å². The number of piperazine rings is 1. The number of hydrogen-bond acceptors (Lipinski definition) is 7. The summed E-state index contributed by atoms with van der Waals surface area (Å²) in [7, 11) is 0. The lowest BCUT2D eigenvalue weighted by atomic mass is 9.92. The third kappa shape index (κ3) is 6.70. The fourth-order valence-corrected chi connectivity index (χ4v) is 5.80. The summed E-state index contributed by atoms with van der Waals surface area (Å²) in [5.74, 6) is -0.515. The van der Waals surface area contributed by atoms with Crippen molar-refractivity contribution in [3.63, 3.8) is 0 Å². The van der Waals surface area contributed by atoms with Gasteiger partial charge in [-0.1, -0.05) is 66.7 Å². The van der Waals surface area contributed by atoms with Crippen molar-refractivity contribution < 1.29 is 15.0 Å². The van der Waals surface area contributed by atoms with Gasteiger partial charge in [0.15, 0.2) is 0 Å². The number of aromatic hydroxyl groups is 1. The van der Waals surface area contributed by atoms with Crippen molar-refractivity contribution in [1.82, 2.24) is 20.3 Å². The van der Waals surface area contributed by atoms with Crippen molar-refractivity contribution in [2.24, 2.45) is 5.10 Å². The maximum absolute atomic E-state index is 10.8. The molecule has 210 valence electrons. The Morgan fingerprint density at radius 3 is 2.48 bits per heavy atom. The molecule has 3 atom stereocenters. The van der Waals surface area contributed by atoms with Crippen LogP contribution in [0.4, 0.5) is 0 Å². The molecule has 0 aliphatic carbocycles. The van der Waals surface area contributed by atoms with E-state index in [2.05, 4.69) is 94.8 Å². The summed E-state index contributed by atoms with van der Waals surface area (Å²) in [6, 6.07) is 27.6. The van der Waals surface area contributed by atoms with E-state index in [-0.39, 0.29) is 18.2 Å². The molecule has 0 spiro atoms. The van der Waals surface area contributed by atoms with Crippen molar-refractivity contribution >= 4 is 11.7 Å². The van der Waals surface area contributed by atoms with Crippen molar-refractivity contribution in [3.05, 3.63) is 101 Å². The number of carbonyl (C=O) groups is 1. The highest BCUT2D eigenvalue weighted by Crippen LogP contribution is 2.35. The highest BCUT2D eigenvalue weighted by atomic mass is 16.4. The minimum atomic E-state index is -0.790. The van der Waals surface area contributed by atoms with Crippen LogP contribution in [0.1, 0.15) is 55.0 Å². The monoisotopic (exact) mass is 541 g/mol. The van der Waals surface area contributed by atoms with Gasteiger partial charge in [0.2, 0.25) is 0 Å². The van der Waals surface area contributed by atoms with Gasteiger partial charge in [0, 0.05) is 38.1 Å². The lowest BCUT2D eigenvalue weighted by Crippen LogP contribution is -2.56. The van der Waals surface area contributed by atoms with Crippen LogP contribution in [-0.4, -0.2) is 75.1 Å². The van der Waals surface area contributed by atoms with E-state index in [0.29, 0.717) is 31.6 Å². The Kier molecular flexibility index (Phi) is 8.79. The molecule has 0 unspecified atom stereocenters. The van der Waals surface area contributed by atoms with Gasteiger partial charge in [-0.2, -0.15) is 5.10 Å². The van der Waals surface area contributed by atoms with Gasteiger partial charge in [-0.05, 0) is 54.7 Å². The van der Waals surface area contributed by atoms with Gasteiger partial charge in [-0.3, -0.25) is 14.6 Å². The largest absolute Gasteiger partial charge is 0.508 e. The molecule has 3 aromatic rings. The SMILES string of the molecule is C[C@@H]1CN([C@H](c2ccc(C3=NN(CCCC(=O)O)NC3)cc2)c2cccc(O)c2)[C@@H](C)CN1Cc1ccccc1. The fraction of sp³-hybridized carbons (Fsp3) is 0.375. The van der Waals surface area contributed by atoms with Gasteiger partial charge in [0.1, 0.15) is 5.75 Å². The van der Waals surface area contributed by atoms with Gasteiger partial charge in [-0.15, -0.1) is 0 Å². The van der Waals surface area contributed by atoms with Gasteiger partial charge < -0.3 is 10.2 Å². The van der Waals surface area contributed by atoms with Gasteiger partial charge in [0.05, 0.1) is 24.8 Å². The Labute approximate surface area is 236 Å². The molecule has 3 aromatic carbocycles. The zero-order chi connectivity index (χ0) is 28.1. The standard InChI is InChI=1S/C32H39N5O3/c1-23-21-36(24(2)20-35(23)22-25-8-4-3-5-9-25)32(28-10-6-11-29(38)18-28)27-15-13-26(14-16-27)30-19-33-37(34-30)17-7-12-31(39)40/h3-6,8-11,13-16,18,23-24,32-33,38H,7,12,17,19-22H2,1-2H3,(H,39,40)/t23-,24+,32-/m1/s1. The van der Waals surface area contributed by atoms with Gasteiger partial charge >= 0.3 is 5.97 Å². The highest BCUT2D eigenvalue weighted by Gasteiger charge is 2.35. The Morgan fingerprint density at radius 1 is 0.975 bits per heavy atom. The molecule has 0 saturated carbocycles. The average Bonchev–Trinajstić information content (AvgIpc) is 3.41. The molecular weight excluding hydrogens is 502 g/mol. The predicted molar refractivity (Wildman–Crippen MR) is 157 cm³/mol. The van der Waals surface area contributed by atoms with Crippen molar-refractivity contribution in [2.45, 2.75) is 51.4 Å². The maximum atomic E-state index is 10.8. The quantitative estimate of drug-likeness (QED) is 0.349. The second-order valence-corrected chi connectivity index (χ2v) is 10.9. The van der Waals surface area contributed by atoms with E-state index in [1.54, 1.807) is 11.2 Å². The predicted octanol–water partition coefficient (Wildman–Crippen LogP) is 4.47. The van der Waals surface area contributed by atoms with Crippen LogP contribution in [0.25, 0.3) is 0 Å². The number of carboxylic acid groups (broad SMARTS) is 1. The summed E-state index contributed by atoms with van der Waals surface area (Å²) in [5.41, 5.74) is 8.79. The molecule has 40 heavy (non-hydrogen) atoms. The molecule has 8 heteroatoms. The first-order valence-corrected chi connectivity index (χ1v) is 14.1. The number of nitrogens with zero attached hydrogens (tertiary/aromatic N) is 4. The number of hydrazine groups is 1. The maximum Gasteiger partial charge on any atom is 0.303 e. The third-order valence-corrected chi connectivity index (χ3v) is 7.90. The number of phenols is 1. The van der Waals surface area contributed by atoms with Crippen LogP contribution in [-0.2, 0) is 11.3 Å². The molecule has 0 radical (unpaired) electrons. The Hall–Kier alpha value is -3.72. The molecule has 1 saturated heterocycles. The number of hydrazone groups is 1. The first-order chi connectivity index (χ1) is 19.4. The molecule has 0 amide bonds. The summed E-state index contributed by atoms with van der Waals surface area (Å²) in [6.07, 6.45) is 0.671. The number of aliphatic carboxylic acids is 1. The summed E-state index contributed by atoms with van der Waals surface area (Å²) in [4.78, 5) is 15.9. The summed E-state index contributed by atoms with van der Waals surface area (Å²) in [5, 5.41) is 25.6. The zero-order valence-electron chi connectivity index (χ0n) is 23.3. The van der Waals surface area contributed by atoms with E-state index in [1.807, 2.05) is 12.1 Å². The lowest BCUT2D eigenvalue weighted by molar-refractivity contribution is -0.137. The van der Waals surface area contributed by atoms with Crippen LogP contribution in [0.2, 0.25) is 0 Å². The zero-order valence-corrected chi connectivity index (χ0v) is 23.3. The van der Waals surface area contributed by atoms with Crippen molar-refractivity contribution in [1.29, 1.82) is 0 Å². The van der Waals surface area contributed by atoms with E-state index in [0.717, 1.165) is 36.5 Å². The normalized spacial score (nSPS) is 20.9. The number of carboxylic acids is 1. The first kappa shape index (κ1) is 27.8. The van der Waals surface area contributed by atoms with Crippen LogP contribution >= 0.6 is 0 Å². The molecule has 2 aliphatic rings. The molecule has 5 rings (SSSR count). The Balaban J connectivity index is 1.35. The Bertz CT molecular complexity index is 1310. The van der Waals surface area contributed by atoms with E-state index in [9.17, 15) is 9.90 Å².